The molecule has 0 atom stereocenters. The van der Waals surface area contributed by atoms with Crippen LogP contribution in [-0.2, 0) is 5.41 Å². The fourth-order valence-electron chi connectivity index (χ4n) is 7.68. The van der Waals surface area contributed by atoms with Crippen molar-refractivity contribution in [2.75, 3.05) is 0 Å². The van der Waals surface area contributed by atoms with Gasteiger partial charge in [0.15, 0.2) is 0 Å². The summed E-state index contributed by atoms with van der Waals surface area (Å²) in [6, 6.07) is 51.0. The normalized spacial score (nSPS) is 13.5. The van der Waals surface area contributed by atoms with E-state index in [2.05, 4.69) is 153 Å². The van der Waals surface area contributed by atoms with Crippen molar-refractivity contribution in [2.45, 2.75) is 19.3 Å². The van der Waals surface area contributed by atoms with Gasteiger partial charge < -0.3 is 0 Å². The molecule has 9 rings (SSSR count). The molecule has 1 nitrogen and oxygen atoms in total. The zero-order chi connectivity index (χ0) is 28.7. The zero-order valence-electron chi connectivity index (χ0n) is 24.2. The molecule has 1 aliphatic carbocycles. The smallest absolute Gasteiger partial charge is 0.0722 e. The Morgan fingerprint density at radius 2 is 0.977 bits per heavy atom. The Hall–Kier alpha value is -5.27. The summed E-state index contributed by atoms with van der Waals surface area (Å²) in [6.45, 7) is 4.71. The molecule has 7 aromatic carbocycles. The number of fused-ring (bicyclic) bond motifs is 8. The Morgan fingerprint density at radius 1 is 0.395 bits per heavy atom. The fraction of sp³-hybridized carbons (Fsp3) is 0.0714. The number of nitrogens with zero attached hydrogens (tertiary/aromatic N) is 1. The van der Waals surface area contributed by atoms with Crippen molar-refractivity contribution in [1.29, 1.82) is 0 Å². The number of hydrogen-bond acceptors (Lipinski definition) is 1. The molecule has 1 aromatic heterocycles. The van der Waals surface area contributed by atoms with Crippen LogP contribution in [0.3, 0.4) is 0 Å². The third-order valence-corrected chi connectivity index (χ3v) is 9.66. The lowest BCUT2D eigenvalue weighted by atomic mass is 9.81. The maximum absolute atomic E-state index is 5.17. The van der Waals surface area contributed by atoms with Crippen LogP contribution in [-0.4, -0.2) is 4.98 Å². The van der Waals surface area contributed by atoms with Crippen molar-refractivity contribution in [2.24, 2.45) is 0 Å². The standard InChI is InChI=1S/C42H29N/c1-42(2)35-20-9-8-17-34(35)40-29-19-11-18-28(27(29)23-24-36(40)42)39-30-13-4-6-15-32(30)41(33-16-7-5-14-31(33)39)38-25-22-26-12-3-10-21-37(26)43-38/h3-25H,1-2H3. The van der Waals surface area contributed by atoms with Crippen molar-refractivity contribution in [3.8, 4) is 33.5 Å². The Kier molecular flexibility index (Phi) is 5.02. The average molecular weight is 548 g/mol. The van der Waals surface area contributed by atoms with Crippen LogP contribution in [0, 0.1) is 0 Å². The van der Waals surface area contributed by atoms with E-state index in [1.165, 1.54) is 71.3 Å². The predicted molar refractivity (Wildman–Crippen MR) is 183 cm³/mol. The van der Waals surface area contributed by atoms with E-state index in [1.54, 1.807) is 0 Å². The highest BCUT2D eigenvalue weighted by Crippen LogP contribution is 2.53. The first kappa shape index (κ1) is 24.3. The van der Waals surface area contributed by atoms with E-state index < -0.39 is 0 Å². The lowest BCUT2D eigenvalue weighted by Crippen LogP contribution is -2.14. The van der Waals surface area contributed by atoms with E-state index in [0.29, 0.717) is 0 Å². The predicted octanol–water partition coefficient (Wildman–Crippen LogP) is 11.3. The molecule has 0 bridgehead atoms. The van der Waals surface area contributed by atoms with Gasteiger partial charge in [0.05, 0.1) is 11.2 Å². The molecule has 8 aromatic rings. The Balaban J connectivity index is 1.39. The topological polar surface area (TPSA) is 12.9 Å². The third-order valence-electron chi connectivity index (χ3n) is 9.66. The summed E-state index contributed by atoms with van der Waals surface area (Å²) in [5.74, 6) is 0. The van der Waals surface area contributed by atoms with Gasteiger partial charge in [0, 0.05) is 16.4 Å². The largest absolute Gasteiger partial charge is 0.248 e. The third kappa shape index (κ3) is 3.37. The van der Waals surface area contributed by atoms with Gasteiger partial charge in [-0.05, 0) is 77.8 Å². The summed E-state index contributed by atoms with van der Waals surface area (Å²) in [4.78, 5) is 5.17. The lowest BCUT2D eigenvalue weighted by Gasteiger charge is -2.22. The van der Waals surface area contributed by atoms with Crippen molar-refractivity contribution in [3.05, 3.63) is 151 Å². The van der Waals surface area contributed by atoms with Gasteiger partial charge >= 0.3 is 0 Å². The summed E-state index contributed by atoms with van der Waals surface area (Å²) in [6.07, 6.45) is 0. The van der Waals surface area contributed by atoms with Gasteiger partial charge in [-0.15, -0.1) is 0 Å². The first-order valence-electron chi connectivity index (χ1n) is 15.1. The van der Waals surface area contributed by atoms with Gasteiger partial charge in [0.1, 0.15) is 0 Å². The Bertz CT molecular complexity index is 2370. The van der Waals surface area contributed by atoms with Crippen LogP contribution in [0.2, 0.25) is 0 Å². The van der Waals surface area contributed by atoms with E-state index in [9.17, 15) is 0 Å². The van der Waals surface area contributed by atoms with Gasteiger partial charge in [0.25, 0.3) is 0 Å². The average Bonchev–Trinajstić information content (AvgIpc) is 3.29. The molecule has 1 aliphatic rings. The summed E-state index contributed by atoms with van der Waals surface area (Å²) < 4.78 is 0. The van der Waals surface area contributed by atoms with E-state index >= 15 is 0 Å². The van der Waals surface area contributed by atoms with Crippen LogP contribution in [0.5, 0.6) is 0 Å². The monoisotopic (exact) mass is 547 g/mol. The van der Waals surface area contributed by atoms with E-state index in [-0.39, 0.29) is 5.41 Å². The molecule has 0 radical (unpaired) electrons. The number of hydrogen-bond donors (Lipinski definition) is 0. The van der Waals surface area contributed by atoms with Gasteiger partial charge in [-0.2, -0.15) is 0 Å². The molecule has 0 saturated carbocycles. The van der Waals surface area contributed by atoms with Gasteiger partial charge in [-0.25, -0.2) is 4.98 Å². The van der Waals surface area contributed by atoms with Crippen molar-refractivity contribution in [1.82, 2.24) is 4.98 Å². The highest BCUT2D eigenvalue weighted by atomic mass is 14.7. The molecule has 0 unspecified atom stereocenters. The second kappa shape index (κ2) is 8.86. The fourth-order valence-corrected chi connectivity index (χ4v) is 7.68. The Morgan fingerprint density at radius 3 is 1.74 bits per heavy atom. The number of para-hydroxylation sites is 1. The molecule has 0 saturated heterocycles. The van der Waals surface area contributed by atoms with Crippen LogP contribution in [0.15, 0.2) is 140 Å². The van der Waals surface area contributed by atoms with Crippen molar-refractivity contribution in [3.63, 3.8) is 0 Å². The van der Waals surface area contributed by atoms with Gasteiger partial charge in [0.2, 0.25) is 0 Å². The second-order valence-electron chi connectivity index (χ2n) is 12.3. The highest BCUT2D eigenvalue weighted by Gasteiger charge is 2.36. The van der Waals surface area contributed by atoms with E-state index in [1.807, 2.05) is 0 Å². The molecule has 0 spiro atoms. The van der Waals surface area contributed by atoms with E-state index in [4.69, 9.17) is 4.98 Å². The molecule has 0 aliphatic heterocycles. The molecule has 1 heterocycles. The molecule has 1 heteroatoms. The lowest BCUT2D eigenvalue weighted by molar-refractivity contribution is 0.661. The minimum absolute atomic E-state index is 0.0238. The van der Waals surface area contributed by atoms with Gasteiger partial charge in [-0.1, -0.05) is 141 Å². The van der Waals surface area contributed by atoms with Crippen molar-refractivity contribution >= 4 is 43.2 Å². The van der Waals surface area contributed by atoms with Crippen molar-refractivity contribution < 1.29 is 0 Å². The highest BCUT2D eigenvalue weighted by molar-refractivity contribution is 6.24. The zero-order valence-corrected chi connectivity index (χ0v) is 24.2. The molecule has 202 valence electrons. The maximum atomic E-state index is 5.17. The minimum atomic E-state index is -0.0238. The summed E-state index contributed by atoms with van der Waals surface area (Å²) in [7, 11) is 0. The summed E-state index contributed by atoms with van der Waals surface area (Å²) >= 11 is 0. The molecular formula is C42H29N. The summed E-state index contributed by atoms with van der Waals surface area (Å²) in [5, 5.41) is 8.72. The number of rotatable bonds is 2. The number of pyridine rings is 1. The molecular weight excluding hydrogens is 518 g/mol. The van der Waals surface area contributed by atoms with E-state index in [0.717, 1.165) is 16.6 Å². The van der Waals surface area contributed by atoms with Crippen LogP contribution < -0.4 is 0 Å². The number of aromatic nitrogens is 1. The second-order valence-corrected chi connectivity index (χ2v) is 12.3. The number of benzene rings is 7. The molecule has 0 fully saturated rings. The van der Waals surface area contributed by atoms with Gasteiger partial charge in [-0.3, -0.25) is 0 Å². The minimum Gasteiger partial charge on any atom is -0.248 e. The summed E-state index contributed by atoms with van der Waals surface area (Å²) in [5.41, 5.74) is 11.3. The maximum Gasteiger partial charge on any atom is 0.0722 e. The van der Waals surface area contributed by atoms with Crippen LogP contribution in [0.4, 0.5) is 0 Å². The first-order chi connectivity index (χ1) is 21.1. The van der Waals surface area contributed by atoms with Crippen LogP contribution in [0.25, 0.3) is 76.7 Å². The molecule has 0 N–H and O–H groups in total. The molecule has 43 heavy (non-hydrogen) atoms. The van der Waals surface area contributed by atoms with Crippen LogP contribution in [0.1, 0.15) is 25.0 Å². The Labute approximate surface area is 251 Å². The first-order valence-corrected chi connectivity index (χ1v) is 15.1. The van der Waals surface area contributed by atoms with Crippen LogP contribution >= 0.6 is 0 Å². The SMILES string of the molecule is CC1(C)c2ccccc2-c2c1ccc1c(-c3c4ccccc4c(-c4ccc5ccccc5n4)c4ccccc34)cccc21. The quantitative estimate of drug-likeness (QED) is 0.196. The molecule has 0 amide bonds.